The quantitative estimate of drug-likeness (QED) is 0.506. The standard InChI is InChI=1S/C8H14O2/c1-2-7-3-5-10-8(7)6-9-4-1/h7-8H,1-6H2. The van der Waals surface area contributed by atoms with Crippen LogP contribution in [0.15, 0.2) is 0 Å². The van der Waals surface area contributed by atoms with Crippen LogP contribution in [0.25, 0.3) is 0 Å². The maximum atomic E-state index is 5.51. The highest BCUT2D eigenvalue weighted by Gasteiger charge is 2.29. The van der Waals surface area contributed by atoms with Crippen molar-refractivity contribution in [2.24, 2.45) is 5.92 Å². The Labute approximate surface area is 61.5 Å². The van der Waals surface area contributed by atoms with E-state index in [1.54, 1.807) is 0 Å². The molecule has 2 saturated heterocycles. The molecule has 0 bridgehead atoms. The van der Waals surface area contributed by atoms with Gasteiger partial charge in [0.05, 0.1) is 12.7 Å². The lowest BCUT2D eigenvalue weighted by atomic mass is 9.97. The van der Waals surface area contributed by atoms with Gasteiger partial charge in [-0.15, -0.1) is 0 Å². The second-order valence-corrected chi connectivity index (χ2v) is 3.18. The molecule has 2 heterocycles. The molecular formula is C8H14O2. The maximum absolute atomic E-state index is 5.51. The minimum atomic E-state index is 0.433. The van der Waals surface area contributed by atoms with Crippen molar-refractivity contribution in [1.82, 2.24) is 0 Å². The van der Waals surface area contributed by atoms with E-state index in [0.717, 1.165) is 25.7 Å². The second kappa shape index (κ2) is 2.89. The summed E-state index contributed by atoms with van der Waals surface area (Å²) in [7, 11) is 0. The molecule has 2 rings (SSSR count). The SMILES string of the molecule is C1COCC2OCCC2C1. The van der Waals surface area contributed by atoms with Gasteiger partial charge in [-0.05, 0) is 25.2 Å². The lowest BCUT2D eigenvalue weighted by Gasteiger charge is -2.12. The average molecular weight is 142 g/mol. The van der Waals surface area contributed by atoms with Crippen molar-refractivity contribution in [3.63, 3.8) is 0 Å². The Morgan fingerprint density at radius 1 is 1.10 bits per heavy atom. The van der Waals surface area contributed by atoms with Gasteiger partial charge >= 0.3 is 0 Å². The Bertz CT molecular complexity index is 102. The molecule has 0 saturated carbocycles. The largest absolute Gasteiger partial charge is 0.379 e. The molecule has 0 aromatic rings. The first-order chi connectivity index (χ1) is 4.97. The fourth-order valence-electron chi connectivity index (χ4n) is 1.85. The third-order valence-electron chi connectivity index (χ3n) is 2.49. The number of ether oxygens (including phenoxy) is 2. The van der Waals surface area contributed by atoms with Gasteiger partial charge in [-0.2, -0.15) is 0 Å². The smallest absolute Gasteiger partial charge is 0.0837 e. The first-order valence-corrected chi connectivity index (χ1v) is 4.16. The molecule has 2 fully saturated rings. The Morgan fingerprint density at radius 3 is 3.10 bits per heavy atom. The summed E-state index contributed by atoms with van der Waals surface area (Å²) < 4.78 is 10.9. The van der Waals surface area contributed by atoms with Crippen LogP contribution in [0.2, 0.25) is 0 Å². The Kier molecular flexibility index (Phi) is 1.91. The van der Waals surface area contributed by atoms with Gasteiger partial charge in [0.25, 0.3) is 0 Å². The molecule has 0 radical (unpaired) electrons. The van der Waals surface area contributed by atoms with Gasteiger partial charge < -0.3 is 9.47 Å². The van der Waals surface area contributed by atoms with Gasteiger partial charge in [0.2, 0.25) is 0 Å². The van der Waals surface area contributed by atoms with Gasteiger partial charge in [0.15, 0.2) is 0 Å². The lowest BCUT2D eigenvalue weighted by molar-refractivity contribution is 0.0175. The van der Waals surface area contributed by atoms with Crippen LogP contribution in [-0.2, 0) is 9.47 Å². The molecule has 2 aliphatic heterocycles. The van der Waals surface area contributed by atoms with Crippen LogP contribution in [0.1, 0.15) is 19.3 Å². The van der Waals surface area contributed by atoms with Crippen LogP contribution in [-0.4, -0.2) is 25.9 Å². The Balaban J connectivity index is 1.95. The molecule has 2 nitrogen and oxygen atoms in total. The maximum Gasteiger partial charge on any atom is 0.0837 e. The van der Waals surface area contributed by atoms with Gasteiger partial charge in [0.1, 0.15) is 0 Å². The molecule has 58 valence electrons. The van der Waals surface area contributed by atoms with Crippen molar-refractivity contribution in [3.8, 4) is 0 Å². The summed E-state index contributed by atoms with van der Waals surface area (Å²) >= 11 is 0. The van der Waals surface area contributed by atoms with Crippen molar-refractivity contribution in [1.29, 1.82) is 0 Å². The average Bonchev–Trinajstić information content (AvgIpc) is 2.28. The van der Waals surface area contributed by atoms with Gasteiger partial charge in [-0.3, -0.25) is 0 Å². The second-order valence-electron chi connectivity index (χ2n) is 3.18. The summed E-state index contributed by atoms with van der Waals surface area (Å²) in [5.41, 5.74) is 0. The van der Waals surface area contributed by atoms with Crippen molar-refractivity contribution in [2.75, 3.05) is 19.8 Å². The number of hydrogen-bond acceptors (Lipinski definition) is 2. The molecule has 0 aliphatic carbocycles. The molecule has 0 aromatic carbocycles. The first-order valence-electron chi connectivity index (χ1n) is 4.16. The highest BCUT2D eigenvalue weighted by molar-refractivity contribution is 4.77. The summed E-state index contributed by atoms with van der Waals surface area (Å²) in [5.74, 6) is 0.808. The molecule has 2 unspecified atom stereocenters. The molecule has 0 N–H and O–H groups in total. The molecule has 0 amide bonds. The van der Waals surface area contributed by atoms with E-state index in [-0.39, 0.29) is 0 Å². The molecule has 2 atom stereocenters. The van der Waals surface area contributed by atoms with Gasteiger partial charge in [0, 0.05) is 13.2 Å². The predicted molar refractivity (Wildman–Crippen MR) is 37.9 cm³/mol. The van der Waals surface area contributed by atoms with E-state index in [4.69, 9.17) is 9.47 Å². The zero-order chi connectivity index (χ0) is 6.81. The molecule has 0 aromatic heterocycles. The van der Waals surface area contributed by atoms with Crippen LogP contribution >= 0.6 is 0 Å². The van der Waals surface area contributed by atoms with Crippen molar-refractivity contribution in [2.45, 2.75) is 25.4 Å². The van der Waals surface area contributed by atoms with E-state index in [9.17, 15) is 0 Å². The lowest BCUT2D eigenvalue weighted by Crippen LogP contribution is -2.19. The highest BCUT2D eigenvalue weighted by atomic mass is 16.5. The predicted octanol–water partition coefficient (Wildman–Crippen LogP) is 1.20. The van der Waals surface area contributed by atoms with Crippen LogP contribution in [0.5, 0.6) is 0 Å². The van der Waals surface area contributed by atoms with Crippen LogP contribution in [0.3, 0.4) is 0 Å². The molecular weight excluding hydrogens is 128 g/mol. The fourth-order valence-corrected chi connectivity index (χ4v) is 1.85. The number of hydrogen-bond donors (Lipinski definition) is 0. The van der Waals surface area contributed by atoms with Gasteiger partial charge in [-0.25, -0.2) is 0 Å². The summed E-state index contributed by atoms with van der Waals surface area (Å²) in [6.07, 6.45) is 4.23. The molecule has 0 spiro atoms. The zero-order valence-electron chi connectivity index (χ0n) is 6.21. The fraction of sp³-hybridized carbons (Fsp3) is 1.00. The van der Waals surface area contributed by atoms with Crippen molar-refractivity contribution < 1.29 is 9.47 Å². The minimum absolute atomic E-state index is 0.433. The van der Waals surface area contributed by atoms with Crippen molar-refractivity contribution in [3.05, 3.63) is 0 Å². The molecule has 2 aliphatic rings. The summed E-state index contributed by atoms with van der Waals surface area (Å²) in [4.78, 5) is 0. The molecule has 10 heavy (non-hydrogen) atoms. The van der Waals surface area contributed by atoms with Crippen LogP contribution < -0.4 is 0 Å². The number of fused-ring (bicyclic) bond motifs is 1. The number of rotatable bonds is 0. The third-order valence-corrected chi connectivity index (χ3v) is 2.49. The normalized spacial score (nSPS) is 40.8. The van der Waals surface area contributed by atoms with Crippen LogP contribution in [0, 0.1) is 5.92 Å². The first kappa shape index (κ1) is 6.62. The van der Waals surface area contributed by atoms with E-state index in [1.807, 2.05) is 0 Å². The highest BCUT2D eigenvalue weighted by Crippen LogP contribution is 2.27. The summed E-state index contributed by atoms with van der Waals surface area (Å²) in [6, 6.07) is 0. The molecule has 2 heteroatoms. The van der Waals surface area contributed by atoms with Gasteiger partial charge in [-0.1, -0.05) is 0 Å². The Morgan fingerprint density at radius 2 is 2.10 bits per heavy atom. The van der Waals surface area contributed by atoms with E-state index in [2.05, 4.69) is 0 Å². The summed E-state index contributed by atoms with van der Waals surface area (Å²) in [6.45, 7) is 2.74. The van der Waals surface area contributed by atoms with E-state index >= 15 is 0 Å². The monoisotopic (exact) mass is 142 g/mol. The van der Waals surface area contributed by atoms with E-state index in [0.29, 0.717) is 6.10 Å². The van der Waals surface area contributed by atoms with Crippen molar-refractivity contribution >= 4 is 0 Å². The topological polar surface area (TPSA) is 18.5 Å². The van der Waals surface area contributed by atoms with E-state index in [1.165, 1.54) is 19.3 Å². The zero-order valence-corrected chi connectivity index (χ0v) is 6.21. The third kappa shape index (κ3) is 1.18. The summed E-state index contributed by atoms with van der Waals surface area (Å²) in [5, 5.41) is 0. The van der Waals surface area contributed by atoms with Crippen LogP contribution in [0.4, 0.5) is 0 Å². The minimum Gasteiger partial charge on any atom is -0.379 e. The Hall–Kier alpha value is -0.0800. The van der Waals surface area contributed by atoms with E-state index < -0.39 is 0 Å².